The number of hydrogen-bond donors (Lipinski definition) is 0. The van der Waals surface area contributed by atoms with Crippen molar-refractivity contribution in [3.8, 4) is 11.5 Å². The first-order valence-electron chi connectivity index (χ1n) is 13.3. The van der Waals surface area contributed by atoms with Gasteiger partial charge in [0.2, 0.25) is 0 Å². The van der Waals surface area contributed by atoms with Crippen LogP contribution in [0.4, 0.5) is 0 Å². The van der Waals surface area contributed by atoms with E-state index in [4.69, 9.17) is 9.47 Å². The normalized spacial score (nSPS) is 19.2. The van der Waals surface area contributed by atoms with Gasteiger partial charge in [-0.25, -0.2) is 0 Å². The van der Waals surface area contributed by atoms with Crippen molar-refractivity contribution in [3.63, 3.8) is 0 Å². The molecule has 5 rings (SSSR count). The van der Waals surface area contributed by atoms with Crippen LogP contribution >= 0.6 is 0 Å². The fourth-order valence-corrected chi connectivity index (χ4v) is 5.46. The van der Waals surface area contributed by atoms with Crippen LogP contribution in [0.3, 0.4) is 0 Å². The molecule has 1 fully saturated rings. The lowest BCUT2D eigenvalue weighted by atomic mass is 9.98. The molecular formula is C29H37N3O4. The number of ketones is 1. The number of piperidine rings is 1. The monoisotopic (exact) mass is 491 g/mol. The number of amides is 1. The lowest BCUT2D eigenvalue weighted by Gasteiger charge is -2.30. The molecule has 0 atom stereocenters. The number of carbonyl (C=O) groups excluding carboxylic acids is 2. The summed E-state index contributed by atoms with van der Waals surface area (Å²) in [6.45, 7) is 9.13. The van der Waals surface area contributed by atoms with Crippen molar-refractivity contribution in [1.82, 2.24) is 14.7 Å². The van der Waals surface area contributed by atoms with Crippen LogP contribution in [0.15, 0.2) is 42.5 Å². The van der Waals surface area contributed by atoms with Gasteiger partial charge in [0, 0.05) is 19.2 Å². The molecule has 7 nitrogen and oxygen atoms in total. The molecule has 36 heavy (non-hydrogen) atoms. The SMILES string of the molecule is CCN1CCC(COc2ccc3c(c2)OCCN(CC(=O)CN2CCc4ccccc4C2)C3=O)CC1. The molecule has 0 N–H and O–H groups in total. The maximum atomic E-state index is 13.2. The van der Waals surface area contributed by atoms with Crippen molar-refractivity contribution in [2.75, 3.05) is 59.0 Å². The van der Waals surface area contributed by atoms with Gasteiger partial charge in [0.15, 0.2) is 5.78 Å². The Balaban J connectivity index is 1.15. The van der Waals surface area contributed by atoms with E-state index < -0.39 is 0 Å². The first-order valence-corrected chi connectivity index (χ1v) is 13.3. The lowest BCUT2D eigenvalue weighted by Crippen LogP contribution is -2.42. The van der Waals surface area contributed by atoms with Crippen molar-refractivity contribution in [2.24, 2.45) is 5.92 Å². The molecule has 0 saturated carbocycles. The summed E-state index contributed by atoms with van der Waals surface area (Å²) in [5.41, 5.74) is 3.15. The van der Waals surface area contributed by atoms with Crippen LogP contribution in [0.5, 0.6) is 11.5 Å². The Hall–Kier alpha value is -2.90. The number of carbonyl (C=O) groups is 2. The number of ether oxygens (including phenoxy) is 2. The van der Waals surface area contributed by atoms with E-state index in [0.717, 1.165) is 57.7 Å². The highest BCUT2D eigenvalue weighted by Gasteiger charge is 2.27. The molecule has 7 heteroatoms. The molecule has 0 aliphatic carbocycles. The predicted molar refractivity (Wildman–Crippen MR) is 139 cm³/mol. The van der Waals surface area contributed by atoms with Gasteiger partial charge in [-0.05, 0) is 68.1 Å². The zero-order valence-electron chi connectivity index (χ0n) is 21.3. The third-order valence-corrected chi connectivity index (χ3v) is 7.71. The fraction of sp³-hybridized carbons (Fsp3) is 0.517. The van der Waals surface area contributed by atoms with Crippen LogP contribution in [0.2, 0.25) is 0 Å². The predicted octanol–water partition coefficient (Wildman–Crippen LogP) is 3.26. The maximum Gasteiger partial charge on any atom is 0.258 e. The second-order valence-electron chi connectivity index (χ2n) is 10.2. The second kappa shape index (κ2) is 11.4. The minimum absolute atomic E-state index is 0.0558. The van der Waals surface area contributed by atoms with Crippen LogP contribution in [0.25, 0.3) is 0 Å². The molecule has 0 bridgehead atoms. The summed E-state index contributed by atoms with van der Waals surface area (Å²) in [4.78, 5) is 32.4. The molecule has 1 saturated heterocycles. The van der Waals surface area contributed by atoms with Gasteiger partial charge in [0.1, 0.15) is 18.1 Å². The smallest absolute Gasteiger partial charge is 0.258 e. The Morgan fingerprint density at radius 2 is 1.81 bits per heavy atom. The first kappa shape index (κ1) is 24.8. The largest absolute Gasteiger partial charge is 0.493 e. The Labute approximate surface area is 214 Å². The molecule has 0 unspecified atom stereocenters. The summed E-state index contributed by atoms with van der Waals surface area (Å²) >= 11 is 0. The van der Waals surface area contributed by atoms with Gasteiger partial charge in [-0.15, -0.1) is 0 Å². The van der Waals surface area contributed by atoms with Gasteiger partial charge in [0.25, 0.3) is 5.91 Å². The third kappa shape index (κ3) is 5.90. The van der Waals surface area contributed by atoms with E-state index in [1.807, 2.05) is 18.2 Å². The van der Waals surface area contributed by atoms with Crippen molar-refractivity contribution in [3.05, 3.63) is 59.2 Å². The molecule has 3 aliphatic heterocycles. The molecule has 2 aromatic rings. The van der Waals surface area contributed by atoms with E-state index in [-0.39, 0.29) is 18.2 Å². The van der Waals surface area contributed by atoms with Crippen LogP contribution < -0.4 is 9.47 Å². The zero-order valence-corrected chi connectivity index (χ0v) is 21.3. The second-order valence-corrected chi connectivity index (χ2v) is 10.2. The number of benzene rings is 2. The molecule has 192 valence electrons. The molecule has 0 spiro atoms. The van der Waals surface area contributed by atoms with Crippen LogP contribution in [-0.2, 0) is 17.8 Å². The Morgan fingerprint density at radius 1 is 1.00 bits per heavy atom. The standard InChI is InChI=1S/C29H37N3O4/c1-2-30-12-9-22(10-13-30)21-36-26-7-8-27-28(17-26)35-16-15-32(29(27)34)20-25(33)19-31-14-11-23-5-3-4-6-24(23)18-31/h3-8,17,22H,2,9-16,18-21H2,1H3. The van der Waals surface area contributed by atoms with Crippen molar-refractivity contribution in [1.29, 1.82) is 0 Å². The molecule has 0 radical (unpaired) electrons. The minimum Gasteiger partial charge on any atom is -0.493 e. The van der Waals surface area contributed by atoms with Gasteiger partial charge < -0.3 is 19.3 Å². The fourth-order valence-electron chi connectivity index (χ4n) is 5.46. The quantitative estimate of drug-likeness (QED) is 0.565. The lowest BCUT2D eigenvalue weighted by molar-refractivity contribution is -0.121. The number of rotatable bonds is 8. The Bertz CT molecular complexity index is 1080. The summed E-state index contributed by atoms with van der Waals surface area (Å²) in [6, 6.07) is 13.8. The molecule has 3 aliphatic rings. The average Bonchev–Trinajstić information content (AvgIpc) is 3.05. The van der Waals surface area contributed by atoms with Gasteiger partial charge in [-0.1, -0.05) is 31.2 Å². The van der Waals surface area contributed by atoms with E-state index in [1.54, 1.807) is 11.0 Å². The number of likely N-dealkylation sites (tertiary alicyclic amines) is 1. The van der Waals surface area contributed by atoms with E-state index in [1.165, 1.54) is 11.1 Å². The molecule has 1 amide bonds. The summed E-state index contributed by atoms with van der Waals surface area (Å²) in [5.74, 6) is 1.73. The van der Waals surface area contributed by atoms with Gasteiger partial charge in [0.05, 0.1) is 31.8 Å². The van der Waals surface area contributed by atoms with E-state index in [2.05, 4.69) is 34.9 Å². The number of nitrogens with zero attached hydrogens (tertiary/aromatic N) is 3. The van der Waals surface area contributed by atoms with Crippen molar-refractivity contribution in [2.45, 2.75) is 32.7 Å². The van der Waals surface area contributed by atoms with Crippen LogP contribution in [-0.4, -0.2) is 85.4 Å². The summed E-state index contributed by atoms with van der Waals surface area (Å²) in [7, 11) is 0. The summed E-state index contributed by atoms with van der Waals surface area (Å²) < 4.78 is 12.0. The maximum absolute atomic E-state index is 13.2. The van der Waals surface area contributed by atoms with E-state index in [0.29, 0.717) is 43.5 Å². The number of fused-ring (bicyclic) bond motifs is 2. The molecular weight excluding hydrogens is 454 g/mol. The van der Waals surface area contributed by atoms with Gasteiger partial charge >= 0.3 is 0 Å². The van der Waals surface area contributed by atoms with Crippen molar-refractivity contribution >= 4 is 11.7 Å². The van der Waals surface area contributed by atoms with Gasteiger partial charge in [-0.2, -0.15) is 0 Å². The summed E-state index contributed by atoms with van der Waals surface area (Å²) in [6.07, 6.45) is 3.26. The van der Waals surface area contributed by atoms with E-state index in [9.17, 15) is 9.59 Å². The molecule has 3 heterocycles. The first-order chi connectivity index (χ1) is 17.6. The molecule has 0 aromatic heterocycles. The van der Waals surface area contributed by atoms with Crippen LogP contribution in [0.1, 0.15) is 41.3 Å². The zero-order chi connectivity index (χ0) is 24.9. The highest BCUT2D eigenvalue weighted by Crippen LogP contribution is 2.29. The van der Waals surface area contributed by atoms with Gasteiger partial charge in [-0.3, -0.25) is 14.5 Å². The van der Waals surface area contributed by atoms with Crippen molar-refractivity contribution < 1.29 is 19.1 Å². The Kier molecular flexibility index (Phi) is 7.87. The average molecular weight is 492 g/mol. The topological polar surface area (TPSA) is 62.3 Å². The number of Topliss-reactive ketones (excluding diaryl/α,β-unsaturated/α-hetero) is 1. The number of hydrogen-bond acceptors (Lipinski definition) is 6. The minimum atomic E-state index is -0.154. The van der Waals surface area contributed by atoms with Crippen LogP contribution in [0, 0.1) is 5.92 Å². The Morgan fingerprint density at radius 3 is 2.61 bits per heavy atom. The molecule has 2 aromatic carbocycles. The highest BCUT2D eigenvalue weighted by molar-refractivity contribution is 5.99. The highest BCUT2D eigenvalue weighted by atomic mass is 16.5. The van der Waals surface area contributed by atoms with E-state index >= 15 is 0 Å². The summed E-state index contributed by atoms with van der Waals surface area (Å²) in [5, 5.41) is 0. The third-order valence-electron chi connectivity index (χ3n) is 7.71.